The van der Waals surface area contributed by atoms with Crippen molar-refractivity contribution in [1.82, 2.24) is 10.2 Å². The summed E-state index contributed by atoms with van der Waals surface area (Å²) < 4.78 is 0. The maximum absolute atomic E-state index is 11.5. The molecule has 1 N–H and O–H groups in total. The molecular formula is C14H30N2O. The van der Waals surface area contributed by atoms with Crippen molar-refractivity contribution in [3.05, 3.63) is 0 Å². The van der Waals surface area contributed by atoms with Crippen molar-refractivity contribution in [3.63, 3.8) is 0 Å². The van der Waals surface area contributed by atoms with Gasteiger partial charge in [0.15, 0.2) is 0 Å². The molecule has 1 amide bonds. The highest BCUT2D eigenvalue weighted by molar-refractivity contribution is 5.75. The Bertz CT molecular complexity index is 181. The fourth-order valence-electron chi connectivity index (χ4n) is 1.78. The molecule has 0 aromatic rings. The van der Waals surface area contributed by atoms with Crippen molar-refractivity contribution in [2.24, 2.45) is 0 Å². The smallest absolute Gasteiger partial charge is 0.219 e. The third-order valence-electron chi connectivity index (χ3n) is 2.86. The summed E-state index contributed by atoms with van der Waals surface area (Å²) >= 11 is 0. The number of rotatable bonds is 11. The van der Waals surface area contributed by atoms with Gasteiger partial charge in [-0.15, -0.1) is 0 Å². The highest BCUT2D eigenvalue weighted by Crippen LogP contribution is 2.06. The van der Waals surface area contributed by atoms with E-state index in [1.54, 1.807) is 0 Å². The molecule has 0 saturated heterocycles. The second kappa shape index (κ2) is 11.9. The number of hydrogen-bond donors (Lipinski definition) is 1. The van der Waals surface area contributed by atoms with E-state index in [1.165, 1.54) is 32.1 Å². The van der Waals surface area contributed by atoms with Crippen molar-refractivity contribution >= 4 is 5.91 Å². The molecular weight excluding hydrogens is 212 g/mol. The molecule has 0 aliphatic carbocycles. The minimum Gasteiger partial charge on any atom is -0.356 e. The number of carbonyl (C=O) groups is 1. The van der Waals surface area contributed by atoms with Gasteiger partial charge in [0, 0.05) is 13.0 Å². The summed E-state index contributed by atoms with van der Waals surface area (Å²) in [4.78, 5) is 13.6. The number of carbonyl (C=O) groups excluding carboxylic acids is 1. The van der Waals surface area contributed by atoms with E-state index in [0.29, 0.717) is 6.42 Å². The van der Waals surface area contributed by atoms with E-state index in [-0.39, 0.29) is 5.91 Å². The number of nitrogens with zero attached hydrogens (tertiary/aromatic N) is 1. The summed E-state index contributed by atoms with van der Waals surface area (Å²) in [6, 6.07) is 0. The Hall–Kier alpha value is -0.570. The minimum atomic E-state index is 0.222. The molecule has 0 aromatic carbocycles. The van der Waals surface area contributed by atoms with Crippen LogP contribution in [0.4, 0.5) is 0 Å². The Morgan fingerprint density at radius 2 is 1.65 bits per heavy atom. The van der Waals surface area contributed by atoms with E-state index in [4.69, 9.17) is 0 Å². The normalized spacial score (nSPS) is 10.8. The molecule has 102 valence electrons. The summed E-state index contributed by atoms with van der Waals surface area (Å²) in [5, 5.41) is 2.97. The van der Waals surface area contributed by atoms with Crippen LogP contribution in [0.3, 0.4) is 0 Å². The predicted molar refractivity (Wildman–Crippen MR) is 74.2 cm³/mol. The maximum Gasteiger partial charge on any atom is 0.219 e. The standard InChI is InChI=1S/C14H30N2O/c1-4-5-6-7-8-9-11-14(17)15-12-10-13-16(2)3/h4-13H2,1-3H3,(H,15,17). The summed E-state index contributed by atoms with van der Waals surface area (Å²) in [6.07, 6.45) is 9.20. The molecule has 0 unspecified atom stereocenters. The lowest BCUT2D eigenvalue weighted by Crippen LogP contribution is -2.26. The van der Waals surface area contributed by atoms with E-state index < -0.39 is 0 Å². The van der Waals surface area contributed by atoms with Gasteiger partial charge in [0.2, 0.25) is 5.91 Å². The van der Waals surface area contributed by atoms with E-state index in [9.17, 15) is 4.79 Å². The van der Waals surface area contributed by atoms with E-state index >= 15 is 0 Å². The van der Waals surface area contributed by atoms with Crippen LogP contribution >= 0.6 is 0 Å². The van der Waals surface area contributed by atoms with Crippen LogP contribution in [0.25, 0.3) is 0 Å². The van der Waals surface area contributed by atoms with Crippen LogP contribution in [-0.4, -0.2) is 38.0 Å². The fourth-order valence-corrected chi connectivity index (χ4v) is 1.78. The summed E-state index contributed by atoms with van der Waals surface area (Å²) in [6.45, 7) is 4.07. The topological polar surface area (TPSA) is 32.3 Å². The zero-order valence-electron chi connectivity index (χ0n) is 11.9. The number of hydrogen-bond acceptors (Lipinski definition) is 2. The average molecular weight is 242 g/mol. The van der Waals surface area contributed by atoms with Crippen LogP contribution in [0.5, 0.6) is 0 Å². The third kappa shape index (κ3) is 13.4. The fraction of sp³-hybridized carbons (Fsp3) is 0.929. The molecule has 0 saturated carbocycles. The van der Waals surface area contributed by atoms with Gasteiger partial charge < -0.3 is 10.2 Å². The highest BCUT2D eigenvalue weighted by atomic mass is 16.1. The Morgan fingerprint density at radius 3 is 2.29 bits per heavy atom. The SMILES string of the molecule is CCCCCCCCC(=O)NCCCN(C)C. The van der Waals surface area contributed by atoms with Crippen molar-refractivity contribution in [2.45, 2.75) is 58.3 Å². The van der Waals surface area contributed by atoms with Gasteiger partial charge >= 0.3 is 0 Å². The van der Waals surface area contributed by atoms with Crippen LogP contribution in [0.1, 0.15) is 58.3 Å². The first-order valence-corrected chi connectivity index (χ1v) is 7.08. The molecule has 0 rings (SSSR count). The summed E-state index contributed by atoms with van der Waals surface area (Å²) in [5.74, 6) is 0.222. The number of unbranched alkanes of at least 4 members (excludes halogenated alkanes) is 5. The quantitative estimate of drug-likeness (QED) is 0.565. The molecule has 0 heterocycles. The Morgan fingerprint density at radius 1 is 1.00 bits per heavy atom. The van der Waals surface area contributed by atoms with Crippen LogP contribution in [0, 0.1) is 0 Å². The Labute approximate surface area is 107 Å². The Kier molecular flexibility index (Phi) is 11.5. The zero-order chi connectivity index (χ0) is 12.9. The largest absolute Gasteiger partial charge is 0.356 e. The van der Waals surface area contributed by atoms with Crippen LogP contribution in [0.2, 0.25) is 0 Å². The first-order chi connectivity index (χ1) is 8.16. The van der Waals surface area contributed by atoms with E-state index in [1.807, 2.05) is 0 Å². The zero-order valence-corrected chi connectivity index (χ0v) is 11.9. The van der Waals surface area contributed by atoms with Gasteiger partial charge in [0.1, 0.15) is 0 Å². The molecule has 0 aromatic heterocycles. The molecule has 3 heteroatoms. The second-order valence-electron chi connectivity index (χ2n) is 5.02. The van der Waals surface area contributed by atoms with Gasteiger partial charge in [0.25, 0.3) is 0 Å². The summed E-state index contributed by atoms with van der Waals surface area (Å²) in [7, 11) is 4.11. The van der Waals surface area contributed by atoms with Crippen LogP contribution < -0.4 is 5.32 Å². The molecule has 0 atom stereocenters. The van der Waals surface area contributed by atoms with E-state index in [2.05, 4.69) is 31.2 Å². The third-order valence-corrected chi connectivity index (χ3v) is 2.86. The van der Waals surface area contributed by atoms with Gasteiger partial charge in [-0.1, -0.05) is 39.0 Å². The lowest BCUT2D eigenvalue weighted by atomic mass is 10.1. The van der Waals surface area contributed by atoms with Crippen molar-refractivity contribution in [2.75, 3.05) is 27.2 Å². The molecule has 0 aliphatic heterocycles. The Balaban J connectivity index is 3.18. The maximum atomic E-state index is 11.5. The number of amides is 1. The molecule has 0 fully saturated rings. The van der Waals surface area contributed by atoms with Gasteiger partial charge in [-0.3, -0.25) is 4.79 Å². The highest BCUT2D eigenvalue weighted by Gasteiger charge is 2.00. The summed E-state index contributed by atoms with van der Waals surface area (Å²) in [5.41, 5.74) is 0. The molecule has 0 aliphatic rings. The molecule has 17 heavy (non-hydrogen) atoms. The minimum absolute atomic E-state index is 0.222. The van der Waals surface area contributed by atoms with Crippen LogP contribution in [0.15, 0.2) is 0 Å². The van der Waals surface area contributed by atoms with Gasteiger partial charge in [0.05, 0.1) is 0 Å². The second-order valence-corrected chi connectivity index (χ2v) is 5.02. The number of nitrogens with one attached hydrogen (secondary N) is 1. The molecule has 0 bridgehead atoms. The van der Waals surface area contributed by atoms with Crippen LogP contribution in [-0.2, 0) is 4.79 Å². The van der Waals surface area contributed by atoms with Gasteiger partial charge in [-0.2, -0.15) is 0 Å². The van der Waals surface area contributed by atoms with Crippen molar-refractivity contribution < 1.29 is 4.79 Å². The predicted octanol–water partition coefficient (Wildman–Crippen LogP) is 2.80. The average Bonchev–Trinajstić information content (AvgIpc) is 2.29. The molecule has 0 radical (unpaired) electrons. The van der Waals surface area contributed by atoms with Crippen molar-refractivity contribution in [1.29, 1.82) is 0 Å². The van der Waals surface area contributed by atoms with Gasteiger partial charge in [-0.25, -0.2) is 0 Å². The van der Waals surface area contributed by atoms with Gasteiger partial charge in [-0.05, 0) is 33.5 Å². The lowest BCUT2D eigenvalue weighted by Gasteiger charge is -2.09. The lowest BCUT2D eigenvalue weighted by molar-refractivity contribution is -0.121. The molecule has 3 nitrogen and oxygen atoms in total. The first kappa shape index (κ1) is 16.4. The first-order valence-electron chi connectivity index (χ1n) is 7.08. The molecule has 0 spiro atoms. The van der Waals surface area contributed by atoms with Crippen molar-refractivity contribution in [3.8, 4) is 0 Å². The van der Waals surface area contributed by atoms with E-state index in [0.717, 1.165) is 25.9 Å². The monoisotopic (exact) mass is 242 g/mol.